The molecule has 1 saturated heterocycles. The van der Waals surface area contributed by atoms with Gasteiger partial charge >= 0.3 is 5.76 Å². The van der Waals surface area contributed by atoms with Crippen LogP contribution in [0.5, 0.6) is 28.7 Å². The lowest BCUT2D eigenvalue weighted by Gasteiger charge is -2.41. The van der Waals surface area contributed by atoms with E-state index in [4.69, 9.17) is 33.2 Å². The van der Waals surface area contributed by atoms with Crippen LogP contribution in [0.3, 0.4) is 0 Å². The average Bonchev–Trinajstić information content (AvgIpc) is 3.05. The van der Waals surface area contributed by atoms with Crippen LogP contribution in [0, 0.1) is 0 Å². The summed E-state index contributed by atoms with van der Waals surface area (Å²) >= 11 is 0. The Morgan fingerprint density at radius 1 is 0.804 bits per heavy atom. The number of rotatable bonds is 8. The molecule has 46 heavy (non-hydrogen) atoms. The third-order valence-electron chi connectivity index (χ3n) is 7.98. The summed E-state index contributed by atoms with van der Waals surface area (Å²) in [6.45, 7) is -0.680. The second-order valence-corrected chi connectivity index (χ2v) is 10.7. The molecule has 0 spiro atoms. The van der Waals surface area contributed by atoms with Crippen molar-refractivity contribution in [3.63, 3.8) is 0 Å². The van der Waals surface area contributed by atoms with Crippen LogP contribution in [0.15, 0.2) is 77.0 Å². The molecule has 0 aromatic heterocycles. The van der Waals surface area contributed by atoms with Crippen molar-refractivity contribution in [1.29, 1.82) is 0 Å². The third-order valence-corrected chi connectivity index (χ3v) is 7.98. The zero-order valence-electron chi connectivity index (χ0n) is 24.8. The minimum atomic E-state index is -1.76. The first kappa shape index (κ1) is 31.1. The molecule has 244 valence electrons. The summed E-state index contributed by atoms with van der Waals surface area (Å²) in [5.41, 5.74) is 1.67. The number of hydrogen-bond donors (Lipinski definition) is 7. The predicted molar refractivity (Wildman–Crippen MR) is 159 cm³/mol. The standard InChI is InChI=1S/C32H32O14/c1-40-19-6-13(4-5-17(19)35)18-11-16-25-20(43-18)9-15(34)10-21(25)44-30(14-7-22(41-2)26(36)23(8-14)42-3)31(16)46-32-29(39)28(38)27(37)24(12-33)45-32/h4-11,21,24,27-29,32-39H,12H2,1-3H3/p+1. The summed E-state index contributed by atoms with van der Waals surface area (Å²) in [6.07, 6.45) is -4.25. The van der Waals surface area contributed by atoms with Crippen LogP contribution in [0.1, 0.15) is 11.1 Å². The number of hydrogen-bond acceptors (Lipinski definition) is 13. The zero-order chi connectivity index (χ0) is 32.9. The Hall–Kier alpha value is -4.86. The van der Waals surface area contributed by atoms with Gasteiger partial charge in [0.15, 0.2) is 23.0 Å². The van der Waals surface area contributed by atoms with Gasteiger partial charge in [-0.1, -0.05) is 0 Å². The molecule has 0 radical (unpaired) electrons. The maximum absolute atomic E-state index is 10.9. The van der Waals surface area contributed by atoms with E-state index >= 15 is 0 Å². The summed E-state index contributed by atoms with van der Waals surface area (Å²) in [5, 5.41) is 73.0. The lowest BCUT2D eigenvalue weighted by molar-refractivity contribution is -0.291. The van der Waals surface area contributed by atoms with Gasteiger partial charge in [0.25, 0.3) is 0 Å². The van der Waals surface area contributed by atoms with Gasteiger partial charge in [-0.3, -0.25) is 0 Å². The fourth-order valence-electron chi connectivity index (χ4n) is 5.61. The molecule has 8 N–H and O–H groups in total. The van der Waals surface area contributed by atoms with Crippen LogP contribution in [0.25, 0.3) is 11.5 Å². The number of phenolic OH excluding ortho intramolecular Hbond substituents is 2. The van der Waals surface area contributed by atoms with E-state index in [9.17, 15) is 35.7 Å². The molecular formula is C32H33O14+. The summed E-state index contributed by atoms with van der Waals surface area (Å²) in [7, 11) is 4.11. The summed E-state index contributed by atoms with van der Waals surface area (Å²) < 4.78 is 39.0. The van der Waals surface area contributed by atoms with E-state index in [0.717, 1.165) is 0 Å². The van der Waals surface area contributed by atoms with Gasteiger partial charge in [0.2, 0.25) is 23.9 Å². The van der Waals surface area contributed by atoms with Gasteiger partial charge in [0.1, 0.15) is 47.3 Å². The first-order chi connectivity index (χ1) is 22.1. The Morgan fingerprint density at radius 3 is 2.13 bits per heavy atom. The fourth-order valence-corrected chi connectivity index (χ4v) is 5.61. The minimum absolute atomic E-state index is 0.0117. The highest BCUT2D eigenvalue weighted by Crippen LogP contribution is 2.48. The third kappa shape index (κ3) is 5.25. The summed E-state index contributed by atoms with van der Waals surface area (Å²) in [5.74, 6) is 0.415. The SMILES string of the molecule is COc1cc(C2=CC3=C4C(=CC(O)=CC4[OH+]C(c4cc(OC)c(O)c(OC)c4)=C3OC3OC(CO)C(O)C(O)C3O)O2)ccc1O. The Kier molecular flexibility index (Phi) is 8.22. The highest BCUT2D eigenvalue weighted by Gasteiger charge is 2.48. The minimum Gasteiger partial charge on any atom is -0.571 e. The number of aromatic hydroxyl groups is 2. The van der Waals surface area contributed by atoms with Crippen molar-refractivity contribution in [3.05, 3.63) is 88.1 Å². The number of phenols is 2. The predicted octanol–water partition coefficient (Wildman–Crippen LogP) is 1.23. The van der Waals surface area contributed by atoms with E-state index in [1.54, 1.807) is 18.2 Å². The Balaban J connectivity index is 1.58. The fraction of sp³-hybridized carbons (Fsp3) is 0.312. The second-order valence-electron chi connectivity index (χ2n) is 10.7. The van der Waals surface area contributed by atoms with Gasteiger partial charge in [-0.15, -0.1) is 0 Å². The van der Waals surface area contributed by atoms with E-state index in [0.29, 0.717) is 22.3 Å². The van der Waals surface area contributed by atoms with Crippen molar-refractivity contribution in [3.8, 4) is 28.7 Å². The quantitative estimate of drug-likeness (QED) is 0.203. The van der Waals surface area contributed by atoms with Crippen molar-refractivity contribution in [2.45, 2.75) is 36.8 Å². The molecular weight excluding hydrogens is 608 g/mol. The number of benzene rings is 2. The van der Waals surface area contributed by atoms with Crippen molar-refractivity contribution >= 4 is 11.5 Å². The number of allylic oxidation sites excluding steroid dienone is 2. The topological polar surface area (TPSA) is 210 Å². The van der Waals surface area contributed by atoms with E-state index in [-0.39, 0.29) is 57.5 Å². The number of methoxy groups -OCH3 is 3. The maximum Gasteiger partial charge on any atom is 0.306 e. The van der Waals surface area contributed by atoms with E-state index in [2.05, 4.69) is 0 Å². The molecule has 2 aromatic rings. The lowest BCUT2D eigenvalue weighted by atomic mass is 9.88. The van der Waals surface area contributed by atoms with Gasteiger partial charge < -0.3 is 68.9 Å². The molecule has 6 rings (SSSR count). The number of aliphatic hydroxyl groups is 7. The molecule has 0 amide bonds. The first-order valence-electron chi connectivity index (χ1n) is 14.1. The van der Waals surface area contributed by atoms with Crippen LogP contribution in [-0.4, -0.2) is 105 Å². The van der Waals surface area contributed by atoms with Crippen LogP contribution in [-0.2, 0) is 14.2 Å². The van der Waals surface area contributed by atoms with Crippen LogP contribution < -0.4 is 14.2 Å². The Bertz CT molecular complexity index is 1680. The van der Waals surface area contributed by atoms with Gasteiger partial charge in [-0.25, -0.2) is 0 Å². The smallest absolute Gasteiger partial charge is 0.306 e. The van der Waals surface area contributed by atoms with Crippen LogP contribution in [0.2, 0.25) is 0 Å². The van der Waals surface area contributed by atoms with Gasteiger partial charge in [0, 0.05) is 29.3 Å². The molecule has 14 nitrogen and oxygen atoms in total. The maximum atomic E-state index is 10.9. The number of ether oxygens (including phenoxy) is 7. The zero-order valence-corrected chi connectivity index (χ0v) is 24.8. The molecule has 4 aliphatic rings. The summed E-state index contributed by atoms with van der Waals surface area (Å²) in [6, 6.07) is 7.54. The molecule has 6 unspecified atom stereocenters. The molecule has 0 saturated carbocycles. The summed E-state index contributed by atoms with van der Waals surface area (Å²) in [4.78, 5) is 0. The highest BCUT2D eigenvalue weighted by molar-refractivity contribution is 5.80. The monoisotopic (exact) mass is 641 g/mol. The second kappa shape index (κ2) is 12.2. The Morgan fingerprint density at radius 2 is 1.48 bits per heavy atom. The van der Waals surface area contributed by atoms with Crippen molar-refractivity contribution in [1.82, 2.24) is 0 Å². The van der Waals surface area contributed by atoms with Gasteiger partial charge in [-0.2, -0.15) is 0 Å². The molecule has 3 heterocycles. The lowest BCUT2D eigenvalue weighted by Crippen LogP contribution is -2.59. The molecule has 0 bridgehead atoms. The number of aliphatic hydroxyl groups excluding tert-OH is 5. The van der Waals surface area contributed by atoms with E-state index < -0.39 is 43.4 Å². The first-order valence-corrected chi connectivity index (χ1v) is 14.1. The highest BCUT2D eigenvalue weighted by atomic mass is 16.7. The normalized spacial score (nSPS) is 27.0. The van der Waals surface area contributed by atoms with Crippen molar-refractivity contribution < 1.29 is 68.9 Å². The molecule has 3 aliphatic heterocycles. The molecule has 6 atom stereocenters. The van der Waals surface area contributed by atoms with Crippen LogP contribution >= 0.6 is 0 Å². The molecule has 1 fully saturated rings. The van der Waals surface area contributed by atoms with E-state index in [1.807, 2.05) is 0 Å². The van der Waals surface area contributed by atoms with Crippen LogP contribution in [0.4, 0.5) is 0 Å². The molecule has 2 aromatic carbocycles. The molecule has 14 heteroatoms. The van der Waals surface area contributed by atoms with Crippen molar-refractivity contribution in [2.75, 3.05) is 27.9 Å². The van der Waals surface area contributed by atoms with Gasteiger partial charge in [0.05, 0.1) is 39.6 Å². The Labute approximate surface area is 262 Å². The van der Waals surface area contributed by atoms with E-state index in [1.165, 1.54) is 51.7 Å². The van der Waals surface area contributed by atoms with Gasteiger partial charge in [-0.05, 0) is 24.3 Å². The average molecular weight is 642 g/mol. The largest absolute Gasteiger partial charge is 0.571 e. The molecule has 1 aliphatic carbocycles. The van der Waals surface area contributed by atoms with Crippen molar-refractivity contribution in [2.24, 2.45) is 0 Å².